The van der Waals surface area contributed by atoms with Gasteiger partial charge in [-0.05, 0) is 29.2 Å². The molecule has 0 unspecified atom stereocenters. The van der Waals surface area contributed by atoms with Crippen molar-refractivity contribution < 1.29 is 9.53 Å². The van der Waals surface area contributed by atoms with Gasteiger partial charge < -0.3 is 10.1 Å². The monoisotopic (exact) mass is 395 g/mol. The lowest BCUT2D eigenvalue weighted by Gasteiger charge is -2.17. The molecule has 0 aliphatic rings. The third-order valence-electron chi connectivity index (χ3n) is 4.64. The van der Waals surface area contributed by atoms with E-state index in [-0.39, 0.29) is 25.0 Å². The number of ether oxygens (including phenoxy) is 1. The summed E-state index contributed by atoms with van der Waals surface area (Å²) in [6.45, 7) is 4.31. The molecule has 1 N–H and O–H groups in total. The molecule has 0 aliphatic heterocycles. The van der Waals surface area contributed by atoms with Crippen molar-refractivity contribution in [2.24, 2.45) is 0 Å². The Bertz CT molecular complexity index is 977. The van der Waals surface area contributed by atoms with Crippen molar-refractivity contribution in [2.75, 3.05) is 13.2 Å². The first-order valence-corrected chi connectivity index (χ1v) is 9.94. The molecular formula is C27H25NO2. The minimum Gasteiger partial charge on any atom is -0.481 e. The first kappa shape index (κ1) is 21.0. The van der Waals surface area contributed by atoms with Crippen LogP contribution in [0.15, 0.2) is 97.6 Å². The predicted molar refractivity (Wildman–Crippen MR) is 121 cm³/mol. The highest BCUT2D eigenvalue weighted by molar-refractivity contribution is 5.87. The summed E-state index contributed by atoms with van der Waals surface area (Å²) < 4.78 is 5.75. The van der Waals surface area contributed by atoms with Crippen molar-refractivity contribution in [1.82, 2.24) is 5.32 Å². The molecule has 1 amide bonds. The van der Waals surface area contributed by atoms with Gasteiger partial charge in [-0.1, -0.05) is 96.8 Å². The van der Waals surface area contributed by atoms with Gasteiger partial charge >= 0.3 is 0 Å². The highest BCUT2D eigenvalue weighted by Gasteiger charge is 2.21. The molecule has 3 aromatic carbocycles. The van der Waals surface area contributed by atoms with E-state index in [0.717, 1.165) is 28.9 Å². The van der Waals surface area contributed by atoms with Crippen LogP contribution >= 0.6 is 0 Å². The normalized spacial score (nSPS) is 10.0. The Morgan fingerprint density at radius 3 is 2.13 bits per heavy atom. The zero-order valence-electron chi connectivity index (χ0n) is 16.9. The van der Waals surface area contributed by atoms with Gasteiger partial charge in [0.05, 0.1) is 12.5 Å². The van der Waals surface area contributed by atoms with Crippen molar-refractivity contribution in [3.63, 3.8) is 0 Å². The van der Waals surface area contributed by atoms with Crippen LogP contribution in [-0.2, 0) is 11.2 Å². The van der Waals surface area contributed by atoms with Crippen LogP contribution in [0.2, 0.25) is 0 Å². The third kappa shape index (κ3) is 5.86. The van der Waals surface area contributed by atoms with Crippen molar-refractivity contribution in [3.8, 4) is 17.6 Å². The van der Waals surface area contributed by atoms with Gasteiger partial charge in [-0.25, -0.2) is 0 Å². The Morgan fingerprint density at radius 2 is 1.50 bits per heavy atom. The lowest BCUT2D eigenvalue weighted by Crippen LogP contribution is -2.30. The van der Waals surface area contributed by atoms with E-state index >= 15 is 0 Å². The number of carbonyl (C=O) groups excluding carboxylic acids is 1. The SMILES string of the molecule is C=CCc1ccccc1OCC#CCNC(=O)C(c1ccccc1)c1ccccc1. The molecule has 150 valence electrons. The molecule has 0 bridgehead atoms. The topological polar surface area (TPSA) is 38.3 Å². The Kier molecular flexibility index (Phi) is 7.88. The molecule has 0 radical (unpaired) electrons. The van der Waals surface area contributed by atoms with Crippen LogP contribution in [0.3, 0.4) is 0 Å². The maximum Gasteiger partial charge on any atom is 0.232 e. The van der Waals surface area contributed by atoms with Crippen LogP contribution in [0.25, 0.3) is 0 Å². The molecular weight excluding hydrogens is 370 g/mol. The predicted octanol–water partition coefficient (Wildman–Crippen LogP) is 4.75. The zero-order chi connectivity index (χ0) is 21.0. The van der Waals surface area contributed by atoms with Gasteiger partial charge in [-0.15, -0.1) is 6.58 Å². The number of amides is 1. The Labute approximate surface area is 178 Å². The van der Waals surface area contributed by atoms with E-state index in [1.165, 1.54) is 0 Å². The molecule has 0 saturated carbocycles. The quantitative estimate of drug-likeness (QED) is 0.442. The zero-order valence-corrected chi connectivity index (χ0v) is 16.9. The molecule has 3 rings (SSSR count). The molecule has 0 aliphatic carbocycles. The number of benzene rings is 3. The molecule has 3 heteroatoms. The van der Waals surface area contributed by atoms with Crippen LogP contribution in [-0.4, -0.2) is 19.1 Å². The molecule has 0 heterocycles. The summed E-state index contributed by atoms with van der Waals surface area (Å²) in [5.74, 6) is 6.31. The molecule has 30 heavy (non-hydrogen) atoms. The summed E-state index contributed by atoms with van der Waals surface area (Å²) in [5.41, 5.74) is 2.99. The molecule has 0 atom stereocenters. The standard InChI is InChI=1S/C27H25NO2/c1-2-13-22-14-9-10-19-25(22)30-21-12-11-20-28-27(29)26(23-15-5-3-6-16-23)24-17-7-4-8-18-24/h2-10,14-19,26H,1,13,20-21H2,(H,28,29). The molecule has 0 spiro atoms. The first-order valence-electron chi connectivity index (χ1n) is 9.94. The van der Waals surface area contributed by atoms with E-state index in [1.807, 2.05) is 91.0 Å². The summed E-state index contributed by atoms with van der Waals surface area (Å²) in [7, 11) is 0. The maximum absolute atomic E-state index is 12.9. The Balaban J connectivity index is 1.58. The second-order valence-electron chi connectivity index (χ2n) is 6.71. The molecule has 0 saturated heterocycles. The van der Waals surface area contributed by atoms with E-state index in [0.29, 0.717) is 0 Å². The summed E-state index contributed by atoms with van der Waals surface area (Å²) in [5, 5.41) is 2.93. The minimum absolute atomic E-state index is 0.0704. The van der Waals surface area contributed by atoms with Crippen LogP contribution in [0.5, 0.6) is 5.75 Å². The molecule has 0 fully saturated rings. The van der Waals surface area contributed by atoms with E-state index in [4.69, 9.17) is 4.74 Å². The van der Waals surface area contributed by atoms with E-state index < -0.39 is 0 Å². The van der Waals surface area contributed by atoms with Crippen molar-refractivity contribution >= 4 is 5.91 Å². The highest BCUT2D eigenvalue weighted by atomic mass is 16.5. The molecule has 3 aromatic rings. The summed E-state index contributed by atoms with van der Waals surface area (Å²) in [6, 6.07) is 27.4. The Hall–Kier alpha value is -3.77. The Morgan fingerprint density at radius 1 is 0.900 bits per heavy atom. The summed E-state index contributed by atoms with van der Waals surface area (Å²) >= 11 is 0. The fraction of sp³-hybridized carbons (Fsp3) is 0.148. The number of nitrogens with one attached hydrogen (secondary N) is 1. The largest absolute Gasteiger partial charge is 0.481 e. The fourth-order valence-electron chi connectivity index (χ4n) is 3.22. The number of carbonyl (C=O) groups is 1. The van der Waals surface area contributed by atoms with Crippen molar-refractivity contribution in [2.45, 2.75) is 12.3 Å². The highest BCUT2D eigenvalue weighted by Crippen LogP contribution is 2.24. The van der Waals surface area contributed by atoms with E-state index in [2.05, 4.69) is 23.7 Å². The minimum atomic E-state index is -0.365. The van der Waals surface area contributed by atoms with Crippen LogP contribution in [0.1, 0.15) is 22.6 Å². The van der Waals surface area contributed by atoms with E-state index in [9.17, 15) is 4.79 Å². The van der Waals surface area contributed by atoms with Crippen LogP contribution in [0, 0.1) is 11.8 Å². The van der Waals surface area contributed by atoms with Crippen molar-refractivity contribution in [1.29, 1.82) is 0 Å². The number of para-hydroxylation sites is 1. The summed E-state index contributed by atoms with van der Waals surface area (Å²) in [4.78, 5) is 12.9. The lowest BCUT2D eigenvalue weighted by atomic mass is 9.90. The van der Waals surface area contributed by atoms with Crippen molar-refractivity contribution in [3.05, 3.63) is 114 Å². The average molecular weight is 396 g/mol. The number of hydrogen-bond donors (Lipinski definition) is 1. The average Bonchev–Trinajstić information content (AvgIpc) is 2.79. The summed E-state index contributed by atoms with van der Waals surface area (Å²) in [6.07, 6.45) is 2.60. The van der Waals surface area contributed by atoms with E-state index in [1.54, 1.807) is 0 Å². The maximum atomic E-state index is 12.9. The second kappa shape index (κ2) is 11.3. The first-order chi connectivity index (χ1) is 14.8. The van der Waals surface area contributed by atoms with Crippen LogP contribution in [0.4, 0.5) is 0 Å². The number of allylic oxidation sites excluding steroid dienone is 1. The van der Waals surface area contributed by atoms with Gasteiger partial charge in [-0.3, -0.25) is 4.79 Å². The fourth-order valence-corrected chi connectivity index (χ4v) is 3.22. The lowest BCUT2D eigenvalue weighted by molar-refractivity contribution is -0.121. The van der Waals surface area contributed by atoms with Gasteiger partial charge in [0.25, 0.3) is 0 Å². The second-order valence-corrected chi connectivity index (χ2v) is 6.71. The van der Waals surface area contributed by atoms with Gasteiger partial charge in [0.1, 0.15) is 12.4 Å². The number of hydrogen-bond acceptors (Lipinski definition) is 2. The number of rotatable bonds is 8. The third-order valence-corrected chi connectivity index (χ3v) is 4.64. The smallest absolute Gasteiger partial charge is 0.232 e. The van der Waals surface area contributed by atoms with Crippen LogP contribution < -0.4 is 10.1 Å². The van der Waals surface area contributed by atoms with Gasteiger partial charge in [-0.2, -0.15) is 0 Å². The molecule has 0 aromatic heterocycles. The van der Waals surface area contributed by atoms with Gasteiger partial charge in [0.2, 0.25) is 5.91 Å². The molecule has 3 nitrogen and oxygen atoms in total. The van der Waals surface area contributed by atoms with Gasteiger partial charge in [0, 0.05) is 0 Å². The van der Waals surface area contributed by atoms with Gasteiger partial charge in [0.15, 0.2) is 0 Å².